The molecule has 1 aromatic carbocycles. The highest BCUT2D eigenvalue weighted by Crippen LogP contribution is 2.12. The van der Waals surface area contributed by atoms with Crippen molar-refractivity contribution in [1.29, 1.82) is 0 Å². The molecule has 1 rings (SSSR count). The second kappa shape index (κ2) is 5.40. The first-order valence-corrected chi connectivity index (χ1v) is 5.28. The lowest BCUT2D eigenvalue weighted by molar-refractivity contribution is 0.414. The Morgan fingerprint density at radius 3 is 2.44 bits per heavy atom. The fourth-order valence-corrected chi connectivity index (χ4v) is 1.66. The highest BCUT2D eigenvalue weighted by molar-refractivity contribution is 5.57. The number of nitrogens with zero attached hydrogens (tertiary/aromatic N) is 1. The van der Waals surface area contributed by atoms with E-state index in [0.29, 0.717) is 0 Å². The largest absolute Gasteiger partial charge is 0.497 e. The first-order valence-electron chi connectivity index (χ1n) is 5.28. The minimum atomic E-state index is 0.873. The van der Waals surface area contributed by atoms with Crippen LogP contribution in [0.15, 0.2) is 24.8 Å². The van der Waals surface area contributed by atoms with Gasteiger partial charge in [-0.3, -0.25) is 0 Å². The van der Waals surface area contributed by atoms with E-state index in [1.807, 2.05) is 45.3 Å². The van der Waals surface area contributed by atoms with Crippen molar-refractivity contribution < 1.29 is 4.74 Å². The van der Waals surface area contributed by atoms with Crippen LogP contribution in [0.2, 0.25) is 0 Å². The van der Waals surface area contributed by atoms with E-state index < -0.39 is 0 Å². The molecule has 1 aromatic rings. The summed E-state index contributed by atoms with van der Waals surface area (Å²) in [5.41, 5.74) is 1.13. The summed E-state index contributed by atoms with van der Waals surface area (Å²) in [4.78, 5) is 2.07. The molecule has 0 amide bonds. The molecular formula is C14H19NO. The Labute approximate surface area is 97.2 Å². The van der Waals surface area contributed by atoms with Crippen molar-refractivity contribution in [1.82, 2.24) is 0 Å². The molecule has 0 saturated carbocycles. The third-order valence-electron chi connectivity index (χ3n) is 2.48. The van der Waals surface area contributed by atoms with Crippen LogP contribution in [0.3, 0.4) is 0 Å². The molecule has 0 saturated heterocycles. The lowest BCUT2D eigenvalue weighted by Gasteiger charge is -2.15. The van der Waals surface area contributed by atoms with Crippen LogP contribution in [0.25, 0.3) is 12.2 Å². The standard InChI is InChI=1S/C14H19NO/c1-6-8-13-11(7-2)9-12(16-5)10-14(13)15(3)4/h6-10H,1H2,2-5H3/b11-7-,13-8+. The van der Waals surface area contributed by atoms with Gasteiger partial charge in [0.2, 0.25) is 0 Å². The van der Waals surface area contributed by atoms with Crippen LogP contribution in [0.5, 0.6) is 5.75 Å². The Morgan fingerprint density at radius 2 is 2.00 bits per heavy atom. The van der Waals surface area contributed by atoms with Crippen molar-refractivity contribution in [3.63, 3.8) is 0 Å². The highest BCUT2D eigenvalue weighted by atomic mass is 16.5. The molecule has 2 nitrogen and oxygen atoms in total. The van der Waals surface area contributed by atoms with Crippen molar-refractivity contribution in [3.8, 4) is 5.75 Å². The summed E-state index contributed by atoms with van der Waals surface area (Å²) < 4.78 is 5.29. The zero-order chi connectivity index (χ0) is 12.1. The van der Waals surface area contributed by atoms with Crippen LogP contribution in [0.4, 0.5) is 5.69 Å². The fraction of sp³-hybridized carbons (Fsp3) is 0.286. The molecule has 0 unspecified atom stereocenters. The van der Waals surface area contributed by atoms with Gasteiger partial charge in [-0.25, -0.2) is 0 Å². The van der Waals surface area contributed by atoms with E-state index in [1.54, 1.807) is 7.11 Å². The second-order valence-corrected chi connectivity index (χ2v) is 3.73. The van der Waals surface area contributed by atoms with Crippen molar-refractivity contribution in [2.45, 2.75) is 6.92 Å². The quantitative estimate of drug-likeness (QED) is 0.761. The van der Waals surface area contributed by atoms with Gasteiger partial charge in [0, 0.05) is 31.1 Å². The third-order valence-corrected chi connectivity index (χ3v) is 2.48. The van der Waals surface area contributed by atoms with Crippen LogP contribution in [0, 0.1) is 0 Å². The van der Waals surface area contributed by atoms with Crippen LogP contribution in [-0.4, -0.2) is 21.2 Å². The molecule has 0 N–H and O–H groups in total. The number of methoxy groups -OCH3 is 1. The van der Waals surface area contributed by atoms with E-state index in [4.69, 9.17) is 4.74 Å². The molecule has 0 aliphatic carbocycles. The summed E-state index contributed by atoms with van der Waals surface area (Å²) in [5, 5.41) is 2.33. The Hall–Kier alpha value is -1.70. The lowest BCUT2D eigenvalue weighted by atomic mass is 10.1. The van der Waals surface area contributed by atoms with E-state index in [2.05, 4.69) is 17.6 Å². The smallest absolute Gasteiger partial charge is 0.121 e. The molecule has 0 radical (unpaired) electrons. The predicted octanol–water partition coefficient (Wildman–Crippen LogP) is 1.53. The van der Waals surface area contributed by atoms with Gasteiger partial charge in [-0.1, -0.05) is 24.8 Å². The van der Waals surface area contributed by atoms with Gasteiger partial charge in [0.15, 0.2) is 0 Å². The maximum absolute atomic E-state index is 5.29. The Kier molecular flexibility index (Phi) is 4.18. The molecule has 0 aromatic heterocycles. The molecular weight excluding hydrogens is 198 g/mol. The number of ether oxygens (including phenoxy) is 1. The summed E-state index contributed by atoms with van der Waals surface area (Å²) in [6.07, 6.45) is 5.90. The molecule has 2 heteroatoms. The Morgan fingerprint density at radius 1 is 1.31 bits per heavy atom. The normalized spacial score (nSPS) is 12.8. The molecule has 0 aliphatic heterocycles. The van der Waals surface area contributed by atoms with Gasteiger partial charge in [0.05, 0.1) is 7.11 Å². The summed E-state index contributed by atoms with van der Waals surface area (Å²) >= 11 is 0. The van der Waals surface area contributed by atoms with Crippen LogP contribution < -0.4 is 20.1 Å². The zero-order valence-electron chi connectivity index (χ0n) is 10.4. The lowest BCUT2D eigenvalue weighted by Crippen LogP contribution is -2.30. The third kappa shape index (κ3) is 2.45. The summed E-state index contributed by atoms with van der Waals surface area (Å²) in [5.74, 6) is 0.873. The van der Waals surface area contributed by atoms with Gasteiger partial charge in [-0.15, -0.1) is 0 Å². The molecule has 0 aliphatic rings. The fourth-order valence-electron chi connectivity index (χ4n) is 1.66. The van der Waals surface area contributed by atoms with Crippen LogP contribution >= 0.6 is 0 Å². The van der Waals surface area contributed by atoms with Crippen molar-refractivity contribution in [2.24, 2.45) is 0 Å². The van der Waals surface area contributed by atoms with E-state index in [-0.39, 0.29) is 0 Å². The van der Waals surface area contributed by atoms with Gasteiger partial charge >= 0.3 is 0 Å². The first kappa shape index (κ1) is 12.4. The van der Waals surface area contributed by atoms with Crippen molar-refractivity contribution >= 4 is 17.8 Å². The number of anilines is 1. The van der Waals surface area contributed by atoms with Gasteiger partial charge < -0.3 is 9.64 Å². The topological polar surface area (TPSA) is 12.5 Å². The van der Waals surface area contributed by atoms with Gasteiger partial charge in [0.25, 0.3) is 0 Å². The van der Waals surface area contributed by atoms with E-state index in [1.165, 1.54) is 5.22 Å². The second-order valence-electron chi connectivity index (χ2n) is 3.73. The highest BCUT2D eigenvalue weighted by Gasteiger charge is 2.02. The molecule has 0 heterocycles. The molecule has 0 fully saturated rings. The maximum atomic E-state index is 5.29. The molecule has 0 bridgehead atoms. The summed E-state index contributed by atoms with van der Waals surface area (Å²) in [6.45, 7) is 5.78. The maximum Gasteiger partial charge on any atom is 0.121 e. The minimum Gasteiger partial charge on any atom is -0.497 e. The number of hydrogen-bond acceptors (Lipinski definition) is 2. The summed E-state index contributed by atoms with van der Waals surface area (Å²) in [6, 6.07) is 4.06. The molecule has 86 valence electrons. The SMILES string of the molecule is C=C/C=c1/c(N(C)C)cc(OC)c/c1=C/C. The van der Waals surface area contributed by atoms with Crippen LogP contribution in [0.1, 0.15) is 6.92 Å². The molecule has 0 spiro atoms. The zero-order valence-corrected chi connectivity index (χ0v) is 10.4. The van der Waals surface area contributed by atoms with Gasteiger partial charge in [0.1, 0.15) is 5.75 Å². The van der Waals surface area contributed by atoms with E-state index in [9.17, 15) is 0 Å². The van der Waals surface area contributed by atoms with Gasteiger partial charge in [-0.2, -0.15) is 0 Å². The van der Waals surface area contributed by atoms with Crippen LogP contribution in [-0.2, 0) is 0 Å². The Bertz CT molecular complexity index is 486. The predicted molar refractivity (Wildman–Crippen MR) is 71.4 cm³/mol. The van der Waals surface area contributed by atoms with E-state index >= 15 is 0 Å². The Balaban J connectivity index is 3.69. The van der Waals surface area contributed by atoms with Crippen molar-refractivity contribution in [3.05, 3.63) is 35.2 Å². The minimum absolute atomic E-state index is 0.873. The number of hydrogen-bond donors (Lipinski definition) is 0. The van der Waals surface area contributed by atoms with Crippen molar-refractivity contribution in [2.75, 3.05) is 26.1 Å². The first-order chi connectivity index (χ1) is 7.63. The number of benzene rings is 1. The molecule has 0 atom stereocenters. The number of allylic oxidation sites excluding steroid dienone is 1. The van der Waals surface area contributed by atoms with Gasteiger partial charge in [-0.05, 0) is 18.2 Å². The monoisotopic (exact) mass is 217 g/mol. The van der Waals surface area contributed by atoms with E-state index in [0.717, 1.165) is 16.7 Å². The summed E-state index contributed by atoms with van der Waals surface area (Å²) in [7, 11) is 5.73. The molecule has 16 heavy (non-hydrogen) atoms. The number of rotatable bonds is 3. The average molecular weight is 217 g/mol. The average Bonchev–Trinajstić information content (AvgIpc) is 2.29.